The quantitative estimate of drug-likeness (QED) is 0.0938. The summed E-state index contributed by atoms with van der Waals surface area (Å²) in [5.74, 6) is -1.11. The predicted octanol–water partition coefficient (Wildman–Crippen LogP) is 6.22. The number of nitrogens with one attached hydrogen (secondary N) is 1. The molecule has 5 rings (SSSR count). The molecule has 0 spiro atoms. The molecule has 1 amide bonds. The highest BCUT2D eigenvalue weighted by atomic mass is 35.5. The number of fused-ring (bicyclic) bond motifs is 2. The van der Waals surface area contributed by atoms with E-state index >= 15 is 0 Å². The van der Waals surface area contributed by atoms with Gasteiger partial charge in [0.15, 0.2) is 0 Å². The van der Waals surface area contributed by atoms with Gasteiger partial charge < -0.3 is 14.5 Å². The Labute approximate surface area is 291 Å². The van der Waals surface area contributed by atoms with E-state index in [-0.39, 0.29) is 37.9 Å². The van der Waals surface area contributed by atoms with E-state index in [1.165, 1.54) is 23.1 Å². The van der Waals surface area contributed by atoms with E-state index in [0.29, 0.717) is 22.3 Å². The van der Waals surface area contributed by atoms with Crippen molar-refractivity contribution in [2.45, 2.75) is 37.9 Å². The number of esters is 1. The van der Waals surface area contributed by atoms with Crippen LogP contribution >= 0.6 is 46.3 Å². The molecule has 248 valence electrons. The van der Waals surface area contributed by atoms with Gasteiger partial charge in [-0.15, -0.1) is 0 Å². The molecule has 1 atom stereocenters. The van der Waals surface area contributed by atoms with Gasteiger partial charge in [-0.2, -0.15) is 13.0 Å². The molecule has 0 saturated heterocycles. The van der Waals surface area contributed by atoms with E-state index in [1.807, 2.05) is 70.1 Å². The summed E-state index contributed by atoms with van der Waals surface area (Å²) in [4.78, 5) is 30.7. The number of anilines is 2. The van der Waals surface area contributed by atoms with Crippen molar-refractivity contribution < 1.29 is 31.9 Å². The highest BCUT2D eigenvalue weighted by molar-refractivity contribution is 8.03. The summed E-state index contributed by atoms with van der Waals surface area (Å²) in [6.45, 7) is 4.03. The average Bonchev–Trinajstić information content (AvgIpc) is 3.54. The lowest BCUT2D eigenvalue weighted by atomic mass is 10.2. The molecule has 1 aliphatic rings. The number of amides is 1. The first kappa shape index (κ1) is 35.0. The molecule has 15 heteroatoms. The van der Waals surface area contributed by atoms with Crippen molar-refractivity contribution in [3.05, 3.63) is 86.8 Å². The zero-order chi connectivity index (χ0) is 33.7. The number of halogens is 2. The average molecular weight is 737 g/mol. The molecule has 10 nitrogen and oxygen atoms in total. The van der Waals surface area contributed by atoms with E-state index in [0.717, 1.165) is 30.8 Å². The summed E-state index contributed by atoms with van der Waals surface area (Å²) in [6.07, 6.45) is 2.18. The molecular weight excluding hydrogens is 703 g/mol. The molecule has 0 bridgehead atoms. The molecule has 0 aliphatic carbocycles. The first-order chi connectivity index (χ1) is 22.4. The van der Waals surface area contributed by atoms with Crippen molar-refractivity contribution in [1.82, 2.24) is 5.32 Å². The third kappa shape index (κ3) is 8.78. The van der Waals surface area contributed by atoms with Gasteiger partial charge in [0, 0.05) is 33.2 Å². The maximum Gasteiger partial charge on any atom is 0.328 e. The Balaban J connectivity index is 1.43. The number of rotatable bonds is 13. The zero-order valence-electron chi connectivity index (χ0n) is 25.6. The van der Waals surface area contributed by atoms with Gasteiger partial charge in [-0.05, 0) is 62.7 Å². The van der Waals surface area contributed by atoms with Gasteiger partial charge in [-0.25, -0.2) is 4.79 Å². The van der Waals surface area contributed by atoms with E-state index in [2.05, 4.69) is 5.32 Å². The van der Waals surface area contributed by atoms with Crippen molar-refractivity contribution in [3.8, 4) is 0 Å². The number of thioether (sulfide) groups is 1. The summed E-state index contributed by atoms with van der Waals surface area (Å²) >= 11 is 15.7. The van der Waals surface area contributed by atoms with Gasteiger partial charge in [-0.3, -0.25) is 14.7 Å². The van der Waals surface area contributed by atoms with Crippen LogP contribution in [0.5, 0.6) is 0 Å². The smallest absolute Gasteiger partial charge is 0.328 e. The van der Waals surface area contributed by atoms with E-state index in [4.69, 9.17) is 27.9 Å². The lowest BCUT2D eigenvalue weighted by Crippen LogP contribution is -2.50. The second-order valence-corrected chi connectivity index (χ2v) is 15.2. The third-order valence-corrected chi connectivity index (χ3v) is 10.8. The molecule has 1 aliphatic heterocycles. The highest BCUT2D eigenvalue weighted by Gasteiger charge is 2.30. The molecule has 0 fully saturated rings. The highest BCUT2D eigenvalue weighted by Crippen LogP contribution is 2.48. The summed E-state index contributed by atoms with van der Waals surface area (Å²) in [6, 6.07) is 19.6. The second kappa shape index (κ2) is 15.3. The molecule has 0 saturated carbocycles. The normalized spacial score (nSPS) is 14.3. The van der Waals surface area contributed by atoms with Gasteiger partial charge in [0.25, 0.3) is 15.1 Å². The van der Waals surface area contributed by atoms with E-state index in [1.54, 1.807) is 30.9 Å². The Morgan fingerprint density at radius 2 is 1.83 bits per heavy atom. The summed E-state index contributed by atoms with van der Waals surface area (Å²) in [5, 5.41) is 5.73. The minimum Gasteiger partial charge on any atom is -0.464 e. The summed E-state index contributed by atoms with van der Waals surface area (Å²) < 4.78 is 40.3. The fraction of sp³-hybridized carbons (Fsp3) is 0.281. The lowest BCUT2D eigenvalue weighted by Gasteiger charge is -2.29. The Morgan fingerprint density at radius 1 is 1.11 bits per heavy atom. The molecule has 2 heterocycles. The number of carbonyl (C=O) groups excluding carboxylic acids is 2. The number of hydrogen-bond acceptors (Lipinski definition) is 9. The van der Waals surface area contributed by atoms with Crippen LogP contribution in [0.15, 0.2) is 76.7 Å². The number of benzene rings is 3. The van der Waals surface area contributed by atoms with Crippen LogP contribution in [0.4, 0.5) is 11.4 Å². The number of ether oxygens (including phenoxy) is 1. The molecule has 4 aromatic rings. The van der Waals surface area contributed by atoms with Crippen LogP contribution in [0.2, 0.25) is 10.0 Å². The number of para-hydroxylation sites is 1. The van der Waals surface area contributed by atoms with Crippen molar-refractivity contribution >= 4 is 96.0 Å². The van der Waals surface area contributed by atoms with Crippen molar-refractivity contribution in [2.75, 3.05) is 35.2 Å². The molecular formula is C32H33Cl2N4O6S3+. The van der Waals surface area contributed by atoms with Gasteiger partial charge >= 0.3 is 5.97 Å². The summed E-state index contributed by atoms with van der Waals surface area (Å²) in [5.41, 5.74) is 2.36. The number of nitrogens with zero attached hydrogens (tertiary/aromatic N) is 3. The van der Waals surface area contributed by atoms with Gasteiger partial charge in [0.1, 0.15) is 10.7 Å². The number of hydrogen-bond donors (Lipinski definition) is 2. The minimum atomic E-state index is -4.12. The maximum absolute atomic E-state index is 13.4. The molecule has 1 unspecified atom stereocenters. The number of carbonyl (C=O) groups is 2. The van der Waals surface area contributed by atoms with Crippen LogP contribution in [0.3, 0.4) is 0 Å². The Hall–Kier alpha value is -3.33. The van der Waals surface area contributed by atoms with Gasteiger partial charge in [-0.1, -0.05) is 64.5 Å². The van der Waals surface area contributed by atoms with E-state index in [9.17, 15) is 22.6 Å². The molecule has 2 N–H and O–H groups in total. The third-order valence-electron chi connectivity index (χ3n) is 7.35. The zero-order valence-corrected chi connectivity index (χ0v) is 29.5. The lowest BCUT2D eigenvalue weighted by molar-refractivity contribution is -0.672. The first-order valence-corrected chi connectivity index (χ1v) is 18.7. The number of thiazole rings is 1. The molecule has 3 aromatic carbocycles. The molecule has 1 aromatic heterocycles. The summed E-state index contributed by atoms with van der Waals surface area (Å²) in [7, 11) is -4.12. The van der Waals surface area contributed by atoms with Gasteiger partial charge in [0.2, 0.25) is 18.1 Å². The van der Waals surface area contributed by atoms with Crippen LogP contribution in [0.1, 0.15) is 25.3 Å². The predicted molar refractivity (Wildman–Crippen MR) is 189 cm³/mol. The molecule has 0 radical (unpaired) electrons. The minimum absolute atomic E-state index is 0.0860. The van der Waals surface area contributed by atoms with Crippen molar-refractivity contribution in [3.63, 3.8) is 0 Å². The fourth-order valence-electron chi connectivity index (χ4n) is 5.11. The Kier molecular flexibility index (Phi) is 11.4. The van der Waals surface area contributed by atoms with Crippen LogP contribution in [0.25, 0.3) is 16.3 Å². The largest absolute Gasteiger partial charge is 0.464 e. The van der Waals surface area contributed by atoms with Crippen molar-refractivity contribution in [2.24, 2.45) is 0 Å². The second-order valence-electron chi connectivity index (χ2n) is 10.6. The number of aromatic nitrogens is 1. The van der Waals surface area contributed by atoms with Crippen LogP contribution in [-0.4, -0.2) is 56.3 Å². The Bertz CT molecular complexity index is 1920. The van der Waals surface area contributed by atoms with E-state index < -0.39 is 22.1 Å². The Morgan fingerprint density at radius 3 is 2.55 bits per heavy atom. The first-order valence-electron chi connectivity index (χ1n) is 14.7. The standard InChI is InChI=1S/C32H32Cl2N4O6S3/c1-3-44-32(40)21(2)37(24-8-5-4-6-9-24)19-29(39)35-20-38-26-17-23(34)11-13-28(26)46-31(38)18-30-36(14-7-15-47(41,42)43)25-16-22(33)10-12-27(25)45-30/h4-6,8-13,16-18,21H,3,7,14-15,19-20H2,1-2H3,(H-,35,39,41,42,43)/p+1. The molecule has 47 heavy (non-hydrogen) atoms. The monoisotopic (exact) mass is 735 g/mol. The maximum atomic E-state index is 13.4. The van der Waals surface area contributed by atoms with Crippen LogP contribution < -0.4 is 19.7 Å². The fourth-order valence-corrected chi connectivity index (χ4v) is 8.19. The van der Waals surface area contributed by atoms with Crippen molar-refractivity contribution in [1.29, 1.82) is 0 Å². The topological polar surface area (TPSA) is 120 Å². The van der Waals surface area contributed by atoms with Crippen LogP contribution in [0, 0.1) is 0 Å². The SMILES string of the molecule is CCOC(=O)C(C)N(CC(=O)NC[n+]1c(/C=C2\Sc3ccc(Cl)cc3N2CCCS(=O)(=O)O)sc2ccc(Cl)cc21)c1ccccc1. The van der Waals surface area contributed by atoms with Gasteiger partial charge in [0.05, 0.1) is 35.7 Å². The van der Waals surface area contributed by atoms with Crippen LogP contribution in [-0.2, 0) is 31.1 Å².